The molecule has 8 heteroatoms. The molecule has 0 bridgehead atoms. The number of nitrogens with zero attached hydrogens (tertiary/aromatic N) is 3. The van der Waals surface area contributed by atoms with Gasteiger partial charge in [-0.1, -0.05) is 24.3 Å². The van der Waals surface area contributed by atoms with Gasteiger partial charge in [0.05, 0.1) is 0 Å². The van der Waals surface area contributed by atoms with Crippen molar-refractivity contribution in [3.05, 3.63) is 59.8 Å². The quantitative estimate of drug-likeness (QED) is 0.420. The molecule has 2 aliphatic carbocycles. The molecule has 4 rings (SSSR count). The fraction of sp³-hybridized carbons (Fsp3) is 0.500. The van der Waals surface area contributed by atoms with Crippen LogP contribution in [-0.4, -0.2) is 48.4 Å². The monoisotopic (exact) mass is 493 g/mol. The van der Waals surface area contributed by atoms with Crippen LogP contribution in [0.3, 0.4) is 0 Å². The fourth-order valence-corrected chi connectivity index (χ4v) is 5.29. The maximum atomic E-state index is 13.8. The number of carbonyl (C=O) groups excluding carboxylic acids is 2. The topological polar surface area (TPSA) is 86.2 Å². The summed E-state index contributed by atoms with van der Waals surface area (Å²) in [6, 6.07) is 0. The Labute approximate surface area is 212 Å². The van der Waals surface area contributed by atoms with Crippen LogP contribution in [0.5, 0.6) is 0 Å². The molecule has 1 amide bonds. The molecule has 0 spiro atoms. The van der Waals surface area contributed by atoms with Crippen molar-refractivity contribution in [2.24, 2.45) is 27.3 Å². The average molecular weight is 494 g/mol. The third-order valence-corrected chi connectivity index (χ3v) is 7.63. The molecule has 0 aromatic carbocycles. The number of nitrogens with one attached hydrogen (secondary N) is 2. The van der Waals surface area contributed by atoms with E-state index in [1.807, 2.05) is 20.0 Å². The summed E-state index contributed by atoms with van der Waals surface area (Å²) in [5.41, 5.74) is 3.71. The van der Waals surface area contributed by atoms with E-state index in [1.54, 1.807) is 18.0 Å². The summed E-state index contributed by atoms with van der Waals surface area (Å²) in [7, 11) is 1.84. The molecule has 0 radical (unpaired) electrons. The van der Waals surface area contributed by atoms with Crippen LogP contribution < -0.4 is 10.6 Å². The first kappa shape index (κ1) is 25.8. The number of hydrogen-bond acceptors (Lipinski definition) is 6. The van der Waals surface area contributed by atoms with Crippen LogP contribution in [0.1, 0.15) is 52.4 Å². The van der Waals surface area contributed by atoms with Crippen LogP contribution in [0.4, 0.5) is 4.39 Å². The molecule has 36 heavy (non-hydrogen) atoms. The number of rotatable bonds is 11. The van der Waals surface area contributed by atoms with Crippen molar-refractivity contribution in [2.75, 3.05) is 20.3 Å². The van der Waals surface area contributed by atoms with Gasteiger partial charge in [-0.15, -0.1) is 6.58 Å². The van der Waals surface area contributed by atoms with E-state index in [0.717, 1.165) is 49.1 Å². The minimum absolute atomic E-state index is 0.0738. The van der Waals surface area contributed by atoms with Crippen molar-refractivity contribution in [3.8, 4) is 0 Å². The number of hydrazone groups is 1. The Hall–Kier alpha value is -3.29. The number of aliphatic imine (C=N–C) groups is 1. The van der Waals surface area contributed by atoms with Gasteiger partial charge in [0.15, 0.2) is 5.71 Å². The van der Waals surface area contributed by atoms with Gasteiger partial charge >= 0.3 is 0 Å². The predicted molar refractivity (Wildman–Crippen MR) is 141 cm³/mol. The van der Waals surface area contributed by atoms with Gasteiger partial charge in [-0.05, 0) is 63.5 Å². The Bertz CT molecular complexity index is 1130. The molecular formula is C28H36FN5O2. The molecule has 7 nitrogen and oxygen atoms in total. The lowest BCUT2D eigenvalue weighted by atomic mass is 9.94. The Kier molecular flexibility index (Phi) is 7.71. The summed E-state index contributed by atoms with van der Waals surface area (Å²) in [6.07, 6.45) is 14.2. The Balaban J connectivity index is 1.28. The predicted octanol–water partition coefficient (Wildman–Crippen LogP) is 4.33. The Morgan fingerprint density at radius 1 is 1.39 bits per heavy atom. The molecule has 1 fully saturated rings. The molecule has 3 atom stereocenters. The van der Waals surface area contributed by atoms with Crippen LogP contribution in [0, 0.1) is 17.3 Å². The maximum Gasteiger partial charge on any atom is 0.271 e. The van der Waals surface area contributed by atoms with Gasteiger partial charge < -0.3 is 10.6 Å². The third kappa shape index (κ3) is 5.42. The summed E-state index contributed by atoms with van der Waals surface area (Å²) < 4.78 is 13.8. The van der Waals surface area contributed by atoms with Crippen molar-refractivity contribution in [1.29, 1.82) is 0 Å². The van der Waals surface area contributed by atoms with Gasteiger partial charge in [-0.25, -0.2) is 4.39 Å². The number of fused-ring (bicyclic) bond motifs is 1. The van der Waals surface area contributed by atoms with Crippen LogP contribution in [0.15, 0.2) is 69.8 Å². The number of amides is 1. The Morgan fingerprint density at radius 2 is 2.17 bits per heavy atom. The SMILES string of the molecule is C=CC(CC/C=C/CCC1=NN(C)C2=C(C1)NCN=C2C(=O)NCC12C=CC(F)=C(C)C1C2)C(C)=O. The highest BCUT2D eigenvalue weighted by atomic mass is 19.1. The van der Waals surface area contributed by atoms with Crippen molar-refractivity contribution in [1.82, 2.24) is 15.6 Å². The van der Waals surface area contributed by atoms with Gasteiger partial charge in [-0.2, -0.15) is 5.10 Å². The zero-order chi connectivity index (χ0) is 25.9. The summed E-state index contributed by atoms with van der Waals surface area (Å²) in [6.45, 7) is 7.98. The molecule has 2 heterocycles. The van der Waals surface area contributed by atoms with Gasteiger partial charge in [0.25, 0.3) is 5.91 Å². The molecule has 0 aromatic rings. The zero-order valence-electron chi connectivity index (χ0n) is 21.4. The Morgan fingerprint density at radius 3 is 2.92 bits per heavy atom. The lowest BCUT2D eigenvalue weighted by Crippen LogP contribution is -2.44. The first-order chi connectivity index (χ1) is 17.3. The molecule has 4 aliphatic rings. The average Bonchev–Trinajstić information content (AvgIpc) is 3.59. The van der Waals surface area contributed by atoms with Gasteiger partial charge in [0.2, 0.25) is 0 Å². The van der Waals surface area contributed by atoms with Gasteiger partial charge in [0.1, 0.15) is 24.0 Å². The number of carbonyl (C=O) groups is 2. The minimum atomic E-state index is -0.220. The molecule has 2 aliphatic heterocycles. The van der Waals surface area contributed by atoms with E-state index in [-0.39, 0.29) is 34.8 Å². The molecular weight excluding hydrogens is 457 g/mol. The lowest BCUT2D eigenvalue weighted by Gasteiger charge is -2.31. The first-order valence-electron chi connectivity index (χ1n) is 12.7. The second-order valence-corrected chi connectivity index (χ2v) is 10.1. The van der Waals surface area contributed by atoms with E-state index in [0.29, 0.717) is 31.0 Å². The second-order valence-electron chi connectivity index (χ2n) is 10.1. The van der Waals surface area contributed by atoms with E-state index in [1.165, 1.54) is 6.08 Å². The molecule has 1 saturated carbocycles. The molecule has 192 valence electrons. The van der Waals surface area contributed by atoms with Crippen molar-refractivity contribution in [3.63, 3.8) is 0 Å². The maximum absolute atomic E-state index is 13.8. The van der Waals surface area contributed by atoms with E-state index in [9.17, 15) is 14.0 Å². The molecule has 0 saturated heterocycles. The number of allylic oxidation sites excluding steroid dienone is 7. The molecule has 2 N–H and O–H groups in total. The second kappa shape index (κ2) is 10.8. The van der Waals surface area contributed by atoms with Crippen LogP contribution in [-0.2, 0) is 9.59 Å². The van der Waals surface area contributed by atoms with Gasteiger partial charge in [0, 0.05) is 42.8 Å². The van der Waals surface area contributed by atoms with Crippen molar-refractivity contribution >= 4 is 23.1 Å². The van der Waals surface area contributed by atoms with Crippen molar-refractivity contribution in [2.45, 2.75) is 52.4 Å². The largest absolute Gasteiger partial charge is 0.367 e. The van der Waals surface area contributed by atoms with Crippen LogP contribution in [0.25, 0.3) is 0 Å². The van der Waals surface area contributed by atoms with Crippen LogP contribution >= 0.6 is 0 Å². The van der Waals surface area contributed by atoms with E-state index >= 15 is 0 Å². The van der Waals surface area contributed by atoms with E-state index in [4.69, 9.17) is 5.10 Å². The number of ketones is 1. The standard InChI is InChI=1S/C28H36FN5O2/c1-5-20(19(3)35)10-8-6-7-9-11-21-14-24-26(34(4)33-21)25(32-17-31-24)27(36)30-16-28-13-12-23(29)18(2)22(28)15-28/h5-7,12-13,20,22,31H,1,8-11,14-17H2,2-4H3,(H,30,36)/b7-6+. The number of halogens is 1. The number of hydrogen-bond donors (Lipinski definition) is 2. The van der Waals surface area contributed by atoms with Crippen molar-refractivity contribution < 1.29 is 14.0 Å². The smallest absolute Gasteiger partial charge is 0.271 e. The summed E-state index contributed by atoms with van der Waals surface area (Å²) in [4.78, 5) is 29.0. The molecule has 3 unspecified atom stereocenters. The van der Waals surface area contributed by atoms with E-state index in [2.05, 4.69) is 34.4 Å². The fourth-order valence-electron chi connectivity index (χ4n) is 5.29. The summed E-state index contributed by atoms with van der Waals surface area (Å²) in [5, 5.41) is 12.8. The highest BCUT2D eigenvalue weighted by Gasteiger charge is 2.55. The highest BCUT2D eigenvalue weighted by Crippen LogP contribution is 2.60. The van der Waals surface area contributed by atoms with E-state index < -0.39 is 0 Å². The third-order valence-electron chi connectivity index (χ3n) is 7.63. The minimum Gasteiger partial charge on any atom is -0.367 e. The zero-order valence-corrected chi connectivity index (χ0v) is 21.4. The lowest BCUT2D eigenvalue weighted by molar-refractivity contribution is -0.119. The highest BCUT2D eigenvalue weighted by molar-refractivity contribution is 6.45. The normalized spacial score (nSPS) is 25.6. The number of Topliss-reactive ketones (excluding diaryl/α,β-unsaturated/α-hetero) is 1. The van der Waals surface area contributed by atoms with Crippen LogP contribution in [0.2, 0.25) is 0 Å². The summed E-state index contributed by atoms with van der Waals surface area (Å²) >= 11 is 0. The van der Waals surface area contributed by atoms with Gasteiger partial charge in [-0.3, -0.25) is 19.6 Å². The molecule has 0 aromatic heterocycles. The first-order valence-corrected chi connectivity index (χ1v) is 12.7. The summed E-state index contributed by atoms with van der Waals surface area (Å²) in [5.74, 6) is -0.122.